The smallest absolute Gasteiger partial charge is 0.267 e. The van der Waals surface area contributed by atoms with Crippen LogP contribution >= 0.6 is 11.8 Å². The van der Waals surface area contributed by atoms with Crippen molar-refractivity contribution in [3.63, 3.8) is 0 Å². The molecule has 1 aromatic heterocycles. The van der Waals surface area contributed by atoms with Gasteiger partial charge in [-0.1, -0.05) is 97.1 Å². The number of carbonyl (C=O) groups is 1. The van der Waals surface area contributed by atoms with E-state index in [1.165, 1.54) is 11.8 Å². The van der Waals surface area contributed by atoms with Crippen LogP contribution in [0.5, 0.6) is 0 Å². The quantitative estimate of drug-likeness (QED) is 0.209. The number of para-hydroxylation sites is 2. The minimum absolute atomic E-state index is 0.0392. The van der Waals surface area contributed by atoms with Crippen molar-refractivity contribution in [2.24, 2.45) is 4.99 Å². The number of aliphatic imine (C=N–C) groups is 1. The molecule has 1 fully saturated rings. The molecular weight excluding hydrogens is 498 g/mol. The van der Waals surface area contributed by atoms with E-state index in [2.05, 4.69) is 41.8 Å². The second-order valence-electron chi connectivity index (χ2n) is 9.34. The molecule has 0 atom stereocenters. The van der Waals surface area contributed by atoms with Crippen molar-refractivity contribution in [2.75, 3.05) is 0 Å². The first kappa shape index (κ1) is 24.7. The van der Waals surface area contributed by atoms with E-state index in [1.54, 1.807) is 4.90 Å². The predicted octanol–water partition coefficient (Wildman–Crippen LogP) is 8.26. The molecule has 1 amide bonds. The number of rotatable bonds is 6. The molecule has 39 heavy (non-hydrogen) atoms. The third-order valence-electron chi connectivity index (χ3n) is 6.61. The SMILES string of the molecule is Cc1cc(/C=C2\SC(=Nc3ccccc3)N(Cc3ccccc3)C2=O)c(-c2ccccc2)n1-c1ccccc1. The largest absolute Gasteiger partial charge is 0.313 e. The number of nitrogens with zero attached hydrogens (tertiary/aromatic N) is 3. The minimum Gasteiger partial charge on any atom is -0.313 e. The van der Waals surface area contributed by atoms with E-state index in [4.69, 9.17) is 4.99 Å². The Kier molecular flexibility index (Phi) is 6.98. The zero-order valence-electron chi connectivity index (χ0n) is 21.6. The number of hydrogen-bond acceptors (Lipinski definition) is 3. The van der Waals surface area contributed by atoms with Crippen molar-refractivity contribution in [3.05, 3.63) is 149 Å². The molecule has 0 N–H and O–H groups in total. The van der Waals surface area contributed by atoms with Crippen LogP contribution in [0.3, 0.4) is 0 Å². The Morgan fingerprint density at radius 1 is 0.769 bits per heavy atom. The van der Waals surface area contributed by atoms with Crippen LogP contribution in [0.1, 0.15) is 16.8 Å². The van der Waals surface area contributed by atoms with Crippen molar-refractivity contribution in [2.45, 2.75) is 13.5 Å². The lowest BCUT2D eigenvalue weighted by molar-refractivity contribution is -0.122. The van der Waals surface area contributed by atoms with Gasteiger partial charge < -0.3 is 4.57 Å². The molecule has 190 valence electrons. The van der Waals surface area contributed by atoms with Crippen LogP contribution in [0.4, 0.5) is 5.69 Å². The molecule has 1 saturated heterocycles. The fourth-order valence-electron chi connectivity index (χ4n) is 4.83. The monoisotopic (exact) mass is 525 g/mol. The van der Waals surface area contributed by atoms with Crippen molar-refractivity contribution in [1.82, 2.24) is 9.47 Å². The average molecular weight is 526 g/mol. The zero-order valence-corrected chi connectivity index (χ0v) is 22.4. The summed E-state index contributed by atoms with van der Waals surface area (Å²) in [6.45, 7) is 2.57. The summed E-state index contributed by atoms with van der Waals surface area (Å²) >= 11 is 1.43. The molecule has 6 rings (SSSR count). The number of benzene rings is 4. The van der Waals surface area contributed by atoms with Crippen molar-refractivity contribution < 1.29 is 4.79 Å². The normalized spacial score (nSPS) is 15.4. The molecule has 0 radical (unpaired) electrons. The van der Waals surface area contributed by atoms with Gasteiger partial charge in [0.25, 0.3) is 5.91 Å². The van der Waals surface area contributed by atoms with Crippen LogP contribution in [0.2, 0.25) is 0 Å². The molecule has 1 aliphatic rings. The highest BCUT2D eigenvalue weighted by molar-refractivity contribution is 8.18. The third-order valence-corrected chi connectivity index (χ3v) is 7.62. The molecule has 5 aromatic rings. The Labute approximate surface area is 233 Å². The Morgan fingerprint density at radius 2 is 1.36 bits per heavy atom. The fourth-order valence-corrected chi connectivity index (χ4v) is 5.81. The van der Waals surface area contributed by atoms with E-state index in [9.17, 15) is 4.79 Å². The van der Waals surface area contributed by atoms with Gasteiger partial charge in [-0.3, -0.25) is 9.69 Å². The molecule has 5 heteroatoms. The van der Waals surface area contributed by atoms with Crippen LogP contribution in [-0.2, 0) is 11.3 Å². The van der Waals surface area contributed by atoms with E-state index in [0.717, 1.165) is 39.5 Å². The van der Waals surface area contributed by atoms with E-state index in [-0.39, 0.29) is 5.91 Å². The Bertz CT molecular complexity index is 1660. The van der Waals surface area contributed by atoms with Gasteiger partial charge in [-0.05, 0) is 66.2 Å². The molecule has 0 unspecified atom stereocenters. The van der Waals surface area contributed by atoms with Gasteiger partial charge in [-0.2, -0.15) is 0 Å². The van der Waals surface area contributed by atoms with Gasteiger partial charge in [0.1, 0.15) is 0 Å². The number of thioether (sulfide) groups is 1. The molecular formula is C34H27N3OS. The second kappa shape index (κ2) is 11.0. The van der Waals surface area contributed by atoms with E-state index < -0.39 is 0 Å². The van der Waals surface area contributed by atoms with Gasteiger partial charge in [-0.15, -0.1) is 0 Å². The second-order valence-corrected chi connectivity index (χ2v) is 10.4. The highest BCUT2D eigenvalue weighted by atomic mass is 32.2. The molecule has 0 aliphatic carbocycles. The standard InChI is InChI=1S/C34H27N3OS/c1-25-22-28(32(27-16-8-3-9-17-27)37(25)30-20-12-5-13-21-30)23-31-33(38)36(24-26-14-6-2-7-15-26)34(39-31)35-29-18-10-4-11-19-29/h2-23H,24H2,1H3/b31-23-,35-34?. The van der Waals surface area contributed by atoms with Gasteiger partial charge >= 0.3 is 0 Å². The van der Waals surface area contributed by atoms with E-state index in [1.807, 2.05) is 103 Å². The summed E-state index contributed by atoms with van der Waals surface area (Å²) in [6, 6.07) is 42.7. The van der Waals surface area contributed by atoms with Gasteiger partial charge in [0, 0.05) is 16.9 Å². The maximum atomic E-state index is 13.9. The maximum absolute atomic E-state index is 13.9. The summed E-state index contributed by atoms with van der Waals surface area (Å²) in [5.74, 6) is -0.0392. The lowest BCUT2D eigenvalue weighted by Gasteiger charge is -2.15. The Hall–Kier alpha value is -4.61. The summed E-state index contributed by atoms with van der Waals surface area (Å²) in [6.07, 6.45) is 2.02. The lowest BCUT2D eigenvalue weighted by Crippen LogP contribution is -2.28. The zero-order chi connectivity index (χ0) is 26.6. The van der Waals surface area contributed by atoms with E-state index in [0.29, 0.717) is 16.6 Å². The molecule has 0 saturated carbocycles. The third kappa shape index (κ3) is 5.22. The molecule has 2 heterocycles. The van der Waals surface area contributed by atoms with Crippen LogP contribution in [0.25, 0.3) is 23.0 Å². The Balaban J connectivity index is 1.46. The summed E-state index contributed by atoms with van der Waals surface area (Å²) in [4.78, 5) is 21.2. The van der Waals surface area contributed by atoms with Crippen molar-refractivity contribution in [1.29, 1.82) is 0 Å². The highest BCUT2D eigenvalue weighted by Crippen LogP contribution is 2.38. The summed E-state index contributed by atoms with van der Waals surface area (Å²) in [5, 5.41) is 0.682. The van der Waals surface area contributed by atoms with Crippen LogP contribution in [0, 0.1) is 6.92 Å². The summed E-state index contributed by atoms with van der Waals surface area (Å²) < 4.78 is 2.26. The first-order valence-electron chi connectivity index (χ1n) is 12.9. The van der Waals surface area contributed by atoms with Crippen LogP contribution in [-0.4, -0.2) is 20.5 Å². The van der Waals surface area contributed by atoms with Crippen LogP contribution in [0.15, 0.2) is 137 Å². The topological polar surface area (TPSA) is 37.6 Å². The van der Waals surface area contributed by atoms with Gasteiger partial charge in [0.05, 0.1) is 22.8 Å². The summed E-state index contributed by atoms with van der Waals surface area (Å²) in [7, 11) is 0. The van der Waals surface area contributed by atoms with Crippen LogP contribution < -0.4 is 0 Å². The Morgan fingerprint density at radius 3 is 2.03 bits per heavy atom. The molecule has 0 spiro atoms. The fraction of sp³-hybridized carbons (Fsp3) is 0.0588. The predicted molar refractivity (Wildman–Crippen MR) is 162 cm³/mol. The number of aryl methyl sites for hydroxylation is 1. The van der Waals surface area contributed by atoms with Gasteiger partial charge in [-0.25, -0.2) is 4.99 Å². The first-order valence-corrected chi connectivity index (χ1v) is 13.7. The number of aromatic nitrogens is 1. The number of hydrogen-bond donors (Lipinski definition) is 0. The number of carbonyl (C=O) groups excluding carboxylic acids is 1. The summed E-state index contributed by atoms with van der Waals surface area (Å²) in [5.41, 5.74) is 7.22. The number of amidine groups is 1. The van der Waals surface area contributed by atoms with Gasteiger partial charge in [0.15, 0.2) is 5.17 Å². The van der Waals surface area contributed by atoms with Crippen molar-refractivity contribution >= 4 is 34.6 Å². The highest BCUT2D eigenvalue weighted by Gasteiger charge is 2.34. The van der Waals surface area contributed by atoms with Gasteiger partial charge in [0.2, 0.25) is 0 Å². The molecule has 4 nitrogen and oxygen atoms in total. The van der Waals surface area contributed by atoms with Crippen molar-refractivity contribution in [3.8, 4) is 16.9 Å². The molecule has 0 bridgehead atoms. The number of amides is 1. The van der Waals surface area contributed by atoms with E-state index >= 15 is 0 Å². The minimum atomic E-state index is -0.0392. The maximum Gasteiger partial charge on any atom is 0.267 e. The first-order chi connectivity index (χ1) is 19.2. The lowest BCUT2D eigenvalue weighted by atomic mass is 10.1. The molecule has 4 aromatic carbocycles. The molecule has 1 aliphatic heterocycles. The average Bonchev–Trinajstić information content (AvgIpc) is 3.46.